The highest BCUT2D eigenvalue weighted by Crippen LogP contribution is 2.39. The van der Waals surface area contributed by atoms with Gasteiger partial charge in [-0.3, -0.25) is 14.7 Å². The van der Waals surface area contributed by atoms with Crippen LogP contribution >= 0.6 is 0 Å². The van der Waals surface area contributed by atoms with Crippen LogP contribution in [0.1, 0.15) is 30.0 Å². The average Bonchev–Trinajstić information content (AvgIpc) is 3.18. The van der Waals surface area contributed by atoms with E-state index in [-0.39, 0.29) is 17.8 Å². The van der Waals surface area contributed by atoms with Crippen molar-refractivity contribution in [2.45, 2.75) is 25.2 Å². The average molecular weight is 373 g/mol. The largest absolute Gasteiger partial charge is 0.360 e. The first kappa shape index (κ1) is 16.6. The fourth-order valence-electron chi connectivity index (χ4n) is 3.42. The summed E-state index contributed by atoms with van der Waals surface area (Å²) in [6, 6.07) is 12.7. The minimum Gasteiger partial charge on any atom is -0.360 e. The molecule has 7 heteroatoms. The van der Waals surface area contributed by atoms with Crippen molar-refractivity contribution in [3.63, 3.8) is 0 Å². The van der Waals surface area contributed by atoms with Gasteiger partial charge in [-0.1, -0.05) is 6.07 Å². The Morgan fingerprint density at radius 3 is 2.82 bits per heavy atom. The molecule has 28 heavy (non-hydrogen) atoms. The van der Waals surface area contributed by atoms with E-state index in [1.165, 1.54) is 12.8 Å². The minimum atomic E-state index is -0.160. The van der Waals surface area contributed by atoms with E-state index in [9.17, 15) is 9.59 Å². The van der Waals surface area contributed by atoms with Gasteiger partial charge < -0.3 is 15.3 Å². The topological polar surface area (TPSA) is 106 Å². The lowest BCUT2D eigenvalue weighted by molar-refractivity contribution is -0.115. The Hall–Kier alpha value is -3.61. The van der Waals surface area contributed by atoms with Crippen molar-refractivity contribution in [1.82, 2.24) is 20.2 Å². The molecule has 0 atom stereocenters. The first-order chi connectivity index (χ1) is 13.7. The fraction of sp³-hybridized carbons (Fsp3) is 0.190. The highest BCUT2D eigenvalue weighted by molar-refractivity contribution is 5.92. The van der Waals surface area contributed by atoms with Crippen LogP contribution < -0.4 is 10.7 Å². The molecule has 0 radical (unpaired) electrons. The quantitative estimate of drug-likeness (QED) is 0.431. The van der Waals surface area contributed by atoms with Gasteiger partial charge in [0.25, 0.3) is 0 Å². The monoisotopic (exact) mass is 373 g/mol. The van der Waals surface area contributed by atoms with Crippen molar-refractivity contribution in [3.8, 4) is 11.4 Å². The first-order valence-electron chi connectivity index (χ1n) is 9.30. The van der Waals surface area contributed by atoms with E-state index in [1.54, 1.807) is 12.1 Å². The lowest BCUT2D eigenvalue weighted by Gasteiger charge is -2.06. The highest BCUT2D eigenvalue weighted by atomic mass is 16.1. The Morgan fingerprint density at radius 1 is 1.14 bits per heavy atom. The summed E-state index contributed by atoms with van der Waals surface area (Å²) in [6.45, 7) is 0. The molecule has 1 saturated carbocycles. The summed E-state index contributed by atoms with van der Waals surface area (Å²) in [7, 11) is 0. The molecule has 5 rings (SSSR count). The second-order valence-corrected chi connectivity index (χ2v) is 7.22. The number of rotatable bonds is 5. The zero-order chi connectivity index (χ0) is 19.1. The summed E-state index contributed by atoms with van der Waals surface area (Å²) in [5, 5.41) is 10.5. The number of nitrogens with zero attached hydrogens (tertiary/aromatic N) is 1. The second kappa shape index (κ2) is 6.53. The van der Waals surface area contributed by atoms with Crippen LogP contribution in [0.3, 0.4) is 0 Å². The third kappa shape index (κ3) is 3.22. The molecule has 4 aromatic rings. The summed E-state index contributed by atoms with van der Waals surface area (Å²) in [5.41, 5.74) is 4.10. The van der Waals surface area contributed by atoms with Crippen LogP contribution in [0.5, 0.6) is 0 Å². The Labute approximate surface area is 160 Å². The van der Waals surface area contributed by atoms with Crippen LogP contribution in [-0.4, -0.2) is 26.1 Å². The van der Waals surface area contributed by atoms with Gasteiger partial charge in [0.1, 0.15) is 0 Å². The molecule has 1 aliphatic carbocycles. The predicted molar refractivity (Wildman–Crippen MR) is 107 cm³/mol. The maximum atomic E-state index is 12.5. The van der Waals surface area contributed by atoms with Gasteiger partial charge in [0, 0.05) is 40.8 Å². The zero-order valence-electron chi connectivity index (χ0n) is 15.1. The van der Waals surface area contributed by atoms with Crippen LogP contribution in [0.25, 0.3) is 22.3 Å². The van der Waals surface area contributed by atoms with Gasteiger partial charge in [0.2, 0.25) is 5.91 Å². The second-order valence-electron chi connectivity index (χ2n) is 7.22. The van der Waals surface area contributed by atoms with Crippen LogP contribution in [0.4, 0.5) is 5.82 Å². The minimum absolute atomic E-state index is 0.0815. The number of carbonyl (C=O) groups excluding carboxylic acids is 1. The number of anilines is 1. The van der Waals surface area contributed by atoms with Gasteiger partial charge in [-0.2, -0.15) is 5.10 Å². The summed E-state index contributed by atoms with van der Waals surface area (Å²) in [5.74, 6) is 0.940. The van der Waals surface area contributed by atoms with Gasteiger partial charge >= 0.3 is 0 Å². The van der Waals surface area contributed by atoms with Crippen molar-refractivity contribution >= 4 is 22.6 Å². The van der Waals surface area contributed by atoms with Gasteiger partial charge in [-0.25, -0.2) is 0 Å². The molecular formula is C21H19N5O2. The van der Waals surface area contributed by atoms with Crippen molar-refractivity contribution in [2.24, 2.45) is 0 Å². The number of nitrogens with one attached hydrogen (secondary N) is 4. The molecular weight excluding hydrogens is 354 g/mol. The molecule has 3 aromatic heterocycles. The molecule has 4 N–H and O–H groups in total. The van der Waals surface area contributed by atoms with Gasteiger partial charge in [0.15, 0.2) is 11.2 Å². The maximum absolute atomic E-state index is 12.5. The Morgan fingerprint density at radius 2 is 2.04 bits per heavy atom. The molecule has 1 fully saturated rings. The molecule has 0 spiro atoms. The van der Waals surface area contributed by atoms with E-state index in [1.807, 2.05) is 36.5 Å². The number of H-pyrrole nitrogens is 3. The standard InChI is InChI=1S/C21H19N5O2/c27-19-10-18(16-2-1-7-22-16)23-15-6-3-12(8-14(15)19)9-21(28)24-20-11-17(25-26-20)13-4-5-13/h1-3,6-8,10-11,13,22H,4-5,9H2,(H,23,27)(H2,24,25,26,28). The van der Waals surface area contributed by atoms with Crippen LogP contribution in [0, 0.1) is 0 Å². The molecule has 3 heterocycles. The lowest BCUT2D eigenvalue weighted by Crippen LogP contribution is -2.15. The van der Waals surface area contributed by atoms with Gasteiger partial charge in [-0.15, -0.1) is 0 Å². The summed E-state index contributed by atoms with van der Waals surface area (Å²) < 4.78 is 0. The smallest absolute Gasteiger partial charge is 0.229 e. The number of aromatic amines is 3. The molecule has 1 amide bonds. The predicted octanol–water partition coefficient (Wildman–Crippen LogP) is 3.30. The van der Waals surface area contributed by atoms with E-state index in [0.717, 1.165) is 28.2 Å². The van der Waals surface area contributed by atoms with Gasteiger partial charge in [0.05, 0.1) is 17.8 Å². The third-order valence-corrected chi connectivity index (χ3v) is 5.03. The number of fused-ring (bicyclic) bond motifs is 1. The Bertz CT molecular complexity index is 1220. The van der Waals surface area contributed by atoms with E-state index in [4.69, 9.17) is 0 Å². The van der Waals surface area contributed by atoms with Crippen molar-refractivity contribution in [1.29, 1.82) is 0 Å². The van der Waals surface area contributed by atoms with E-state index >= 15 is 0 Å². The first-order valence-corrected chi connectivity index (χ1v) is 9.30. The number of benzene rings is 1. The van der Waals surface area contributed by atoms with Crippen molar-refractivity contribution in [3.05, 3.63) is 70.1 Å². The SMILES string of the molecule is O=C(Cc1ccc2[nH]c(-c3ccc[nH]3)cc(=O)c2c1)Nc1cc(C2CC2)[nH]n1. The number of hydrogen-bond donors (Lipinski definition) is 4. The zero-order valence-corrected chi connectivity index (χ0v) is 15.1. The lowest BCUT2D eigenvalue weighted by atomic mass is 10.1. The van der Waals surface area contributed by atoms with Crippen LogP contribution in [-0.2, 0) is 11.2 Å². The number of carbonyl (C=O) groups is 1. The van der Waals surface area contributed by atoms with E-state index in [0.29, 0.717) is 17.1 Å². The van der Waals surface area contributed by atoms with Crippen molar-refractivity contribution in [2.75, 3.05) is 5.32 Å². The number of aromatic nitrogens is 4. The molecule has 7 nitrogen and oxygen atoms in total. The van der Waals surface area contributed by atoms with E-state index < -0.39 is 0 Å². The molecule has 0 unspecified atom stereocenters. The molecule has 1 aromatic carbocycles. The molecule has 0 bridgehead atoms. The molecule has 0 aliphatic heterocycles. The van der Waals surface area contributed by atoms with E-state index in [2.05, 4.69) is 25.5 Å². The number of amides is 1. The Kier molecular flexibility index (Phi) is 3.86. The summed E-state index contributed by atoms with van der Waals surface area (Å²) in [4.78, 5) is 31.3. The molecule has 140 valence electrons. The number of pyridine rings is 1. The highest BCUT2D eigenvalue weighted by Gasteiger charge is 2.25. The third-order valence-electron chi connectivity index (χ3n) is 5.03. The van der Waals surface area contributed by atoms with Crippen LogP contribution in [0.15, 0.2) is 53.5 Å². The normalized spacial score (nSPS) is 13.7. The van der Waals surface area contributed by atoms with Crippen molar-refractivity contribution < 1.29 is 4.79 Å². The van der Waals surface area contributed by atoms with Gasteiger partial charge in [-0.05, 0) is 42.7 Å². The molecule has 1 aliphatic rings. The summed E-state index contributed by atoms with van der Waals surface area (Å²) >= 11 is 0. The van der Waals surface area contributed by atoms with Crippen LogP contribution in [0.2, 0.25) is 0 Å². The summed E-state index contributed by atoms with van der Waals surface area (Å²) in [6.07, 6.45) is 4.34. The Balaban J connectivity index is 1.35. The maximum Gasteiger partial charge on any atom is 0.229 e. The fourth-order valence-corrected chi connectivity index (χ4v) is 3.42. The molecule has 0 saturated heterocycles. The number of hydrogen-bond acceptors (Lipinski definition) is 3.